The molecule has 0 spiro atoms. The van der Waals surface area contributed by atoms with Crippen molar-refractivity contribution < 1.29 is 8.83 Å². The van der Waals surface area contributed by atoms with Crippen LogP contribution in [0.4, 0.5) is 0 Å². The predicted octanol–water partition coefficient (Wildman–Crippen LogP) is 29.2. The molecule has 6 heteroatoms. The third-order valence-electron chi connectivity index (χ3n) is 22.3. The van der Waals surface area contributed by atoms with Crippen molar-refractivity contribution in [3.05, 3.63) is 336 Å². The summed E-state index contributed by atoms with van der Waals surface area (Å²) < 4.78 is 17.3. The summed E-state index contributed by atoms with van der Waals surface area (Å²) in [7, 11) is 0. The molecule has 16 aromatic carbocycles. The number of furan rings is 2. The van der Waals surface area contributed by atoms with Gasteiger partial charge in [-0.2, -0.15) is 0 Å². The second-order valence-electron chi connectivity index (χ2n) is 28.2. The number of fused-ring (bicyclic) bond motifs is 14. The summed E-state index contributed by atoms with van der Waals surface area (Å²) in [6, 6.07) is 100. The summed E-state index contributed by atoms with van der Waals surface area (Å²) in [5.74, 6) is 0. The van der Waals surface area contributed by atoms with E-state index in [2.05, 4.69) is 316 Å². The van der Waals surface area contributed by atoms with Crippen molar-refractivity contribution in [3.8, 4) is 89.0 Å². The zero-order valence-corrected chi connectivity index (χ0v) is 63.5. The topological polar surface area (TPSA) is 26.3 Å². The van der Waals surface area contributed by atoms with Crippen LogP contribution in [0.2, 0.25) is 0 Å². The minimum absolute atomic E-state index is 0.147. The maximum atomic E-state index is 5.72. The average Bonchev–Trinajstić information content (AvgIpc) is 1.65. The number of hydrogen-bond donors (Lipinski definition) is 0. The van der Waals surface area contributed by atoms with E-state index in [-0.39, 0.29) is 29.0 Å². The first-order valence-corrected chi connectivity index (χ1v) is 41.4. The van der Waals surface area contributed by atoms with Crippen molar-refractivity contribution in [2.24, 2.45) is 0 Å². The summed E-state index contributed by atoms with van der Waals surface area (Å²) in [5.41, 5.74) is 25.6. The van der Waals surface area contributed by atoms with Crippen LogP contribution in [0.25, 0.3) is 214 Å². The molecule has 6 heterocycles. The first-order valence-electron chi connectivity index (χ1n) is 36.1. The van der Waals surface area contributed by atoms with Gasteiger partial charge in [-0.1, -0.05) is 0 Å². The van der Waals surface area contributed by atoms with E-state index in [0.29, 0.717) is 0 Å². The monoisotopic (exact) mass is 1520 g/mol. The molecule has 2 nitrogen and oxygen atoms in total. The van der Waals surface area contributed by atoms with Gasteiger partial charge in [0.2, 0.25) is 0 Å². The third-order valence-corrected chi connectivity index (χ3v) is 29.2. The number of benzene rings is 16. The van der Waals surface area contributed by atoms with Crippen molar-refractivity contribution in [3.63, 3.8) is 0 Å². The van der Waals surface area contributed by atoms with E-state index in [1.54, 1.807) is 22.7 Å². The van der Waals surface area contributed by atoms with Crippen LogP contribution in [0.15, 0.2) is 322 Å². The number of rotatable bonds is 8. The average molecular weight is 1520 g/mol. The Kier molecular flexibility index (Phi) is 15.0. The van der Waals surface area contributed by atoms with E-state index in [9.17, 15) is 0 Å². The van der Waals surface area contributed by atoms with Crippen LogP contribution in [-0.2, 0) is 0 Å². The molecule has 0 aliphatic heterocycles. The molecule has 6 aromatic heterocycles. The van der Waals surface area contributed by atoms with Gasteiger partial charge in [-0.15, -0.1) is 0 Å². The van der Waals surface area contributed by atoms with E-state index >= 15 is 0 Å². The van der Waals surface area contributed by atoms with Crippen LogP contribution in [0, 0.1) is 27.7 Å². The Morgan fingerprint density at radius 2 is 0.462 bits per heavy atom. The molecule has 0 atom stereocenters. The molecule has 0 fully saturated rings. The molecule has 0 saturated heterocycles. The summed E-state index contributed by atoms with van der Waals surface area (Å²) in [6.45, 7) is 8.74. The van der Waals surface area contributed by atoms with Crippen LogP contribution in [0.5, 0.6) is 0 Å². The zero-order valence-electron chi connectivity index (χ0n) is 58.5. The summed E-state index contributed by atoms with van der Waals surface area (Å²) in [4.78, 5) is 0. The Labute approximate surface area is 632 Å². The first-order chi connectivity index (χ1) is 52.3. The zero-order chi connectivity index (χ0) is 70.4. The van der Waals surface area contributed by atoms with Crippen LogP contribution in [0.1, 0.15) is 22.3 Å². The van der Waals surface area contributed by atoms with Gasteiger partial charge in [0.1, 0.15) is 0 Å². The number of aryl methyl sites for hydroxylation is 4. The molecule has 0 aliphatic rings. The molecule has 0 N–H and O–H groups in total. The molecule has 22 rings (SSSR count). The standard InChI is InChI=1S/C50H32O2Se.C50H32S2Se/c2*1-29-25-51-27-43(29)48-34-14-5-3-12-32(34)46(33-13-4-6-15-35(33)48)31-22-23-45-42(24-31)40-20-11-21-41(50(40)53-45)47-36-16-7-9-18-38(36)49(44-28-52-26-30(44)2)39-19-10-8-17-37(39)47/h2*3-28H,1-2H3. The quantitative estimate of drug-likeness (QED) is 0.112. The molecular formula is C100H64O2S2Se2. The van der Waals surface area contributed by atoms with Crippen molar-refractivity contribution >= 4 is 176 Å². The Balaban J connectivity index is 0.000000136. The Morgan fingerprint density at radius 1 is 0.208 bits per heavy atom. The Bertz CT molecular complexity index is 6740. The normalized spacial score (nSPS) is 12.0. The van der Waals surface area contributed by atoms with Gasteiger partial charge in [-0.05, 0) is 0 Å². The van der Waals surface area contributed by atoms with Crippen LogP contribution in [0.3, 0.4) is 0 Å². The Hall–Kier alpha value is -11.4. The van der Waals surface area contributed by atoms with E-state index in [1.165, 1.54) is 214 Å². The van der Waals surface area contributed by atoms with Gasteiger partial charge in [0.25, 0.3) is 0 Å². The SMILES string of the molecule is Cc1cocc1-c1c2ccccc2c(-c2ccc3[se]c4c(-c5c6ccccc6c(-c6cocc6C)c6ccccc56)cccc4c3c2)c2ccccc12.Cc1cscc1-c1c2ccccc2c(-c2ccc3[se]c4c(-c5c6ccccc6c(-c6cscc6C)c6ccccc56)cccc4c3c2)c2ccccc12. The Morgan fingerprint density at radius 3 is 0.717 bits per heavy atom. The van der Waals surface area contributed by atoms with Crippen molar-refractivity contribution in [1.82, 2.24) is 0 Å². The van der Waals surface area contributed by atoms with Crippen molar-refractivity contribution in [2.45, 2.75) is 27.7 Å². The molecule has 500 valence electrons. The molecule has 106 heavy (non-hydrogen) atoms. The second kappa shape index (κ2) is 25.2. The summed E-state index contributed by atoms with van der Waals surface area (Å²) in [6.07, 6.45) is 7.50. The van der Waals surface area contributed by atoms with Crippen molar-refractivity contribution in [1.29, 1.82) is 0 Å². The molecular weight excluding hydrogens is 1460 g/mol. The van der Waals surface area contributed by atoms with Gasteiger partial charge in [0, 0.05) is 0 Å². The molecule has 0 unspecified atom stereocenters. The molecule has 0 bridgehead atoms. The van der Waals surface area contributed by atoms with Crippen LogP contribution >= 0.6 is 22.7 Å². The van der Waals surface area contributed by atoms with Gasteiger partial charge >= 0.3 is 638 Å². The van der Waals surface area contributed by atoms with Crippen LogP contribution in [-0.4, -0.2) is 29.0 Å². The summed E-state index contributed by atoms with van der Waals surface area (Å²) in [5, 5.41) is 35.2. The maximum absolute atomic E-state index is 5.72. The van der Waals surface area contributed by atoms with Gasteiger partial charge in [0.05, 0.1) is 0 Å². The predicted molar refractivity (Wildman–Crippen MR) is 460 cm³/mol. The molecule has 0 amide bonds. The second-order valence-corrected chi connectivity index (χ2v) is 34.1. The third kappa shape index (κ3) is 9.73. The number of hydrogen-bond acceptors (Lipinski definition) is 4. The fraction of sp³-hybridized carbons (Fsp3) is 0.0400. The minimum atomic E-state index is 0.147. The first kappa shape index (κ1) is 63.1. The van der Waals surface area contributed by atoms with Gasteiger partial charge in [-0.25, -0.2) is 0 Å². The van der Waals surface area contributed by atoms with E-state index in [0.717, 1.165) is 22.3 Å². The molecule has 0 aliphatic carbocycles. The fourth-order valence-electron chi connectivity index (χ4n) is 17.6. The number of thiophene rings is 2. The van der Waals surface area contributed by atoms with Crippen LogP contribution < -0.4 is 0 Å². The molecule has 0 radical (unpaired) electrons. The fourth-order valence-corrected chi connectivity index (χ4v) is 24.4. The van der Waals surface area contributed by atoms with E-state index in [4.69, 9.17) is 8.83 Å². The molecule has 22 aromatic rings. The summed E-state index contributed by atoms with van der Waals surface area (Å²) >= 11 is 3.90. The van der Waals surface area contributed by atoms with Gasteiger partial charge in [0.15, 0.2) is 0 Å². The van der Waals surface area contributed by atoms with E-state index < -0.39 is 0 Å². The van der Waals surface area contributed by atoms with E-state index in [1.807, 2.05) is 25.1 Å². The van der Waals surface area contributed by atoms with Crippen molar-refractivity contribution in [2.75, 3.05) is 0 Å². The van der Waals surface area contributed by atoms with Gasteiger partial charge < -0.3 is 0 Å². The molecule has 0 saturated carbocycles. The van der Waals surface area contributed by atoms with Gasteiger partial charge in [-0.3, -0.25) is 0 Å².